The van der Waals surface area contributed by atoms with Crippen molar-refractivity contribution >= 4 is 21.9 Å². The van der Waals surface area contributed by atoms with Gasteiger partial charge in [-0.3, -0.25) is 0 Å². The van der Waals surface area contributed by atoms with Crippen molar-refractivity contribution < 1.29 is 4.42 Å². The van der Waals surface area contributed by atoms with Crippen molar-refractivity contribution in [1.82, 2.24) is 29.9 Å². The van der Waals surface area contributed by atoms with Gasteiger partial charge in [0.05, 0.1) is 5.41 Å². The van der Waals surface area contributed by atoms with E-state index in [1.54, 1.807) is 0 Å². The Labute approximate surface area is 391 Å². The number of furan rings is 1. The Balaban J connectivity index is 0.965. The summed E-state index contributed by atoms with van der Waals surface area (Å²) in [5.41, 5.74) is 16.3. The first-order valence-corrected chi connectivity index (χ1v) is 22.8. The minimum absolute atomic E-state index is 0.505. The van der Waals surface area contributed by atoms with Gasteiger partial charge in [0.25, 0.3) is 0 Å². The maximum absolute atomic E-state index is 6.59. The second-order valence-electron chi connectivity index (χ2n) is 17.3. The third kappa shape index (κ3) is 5.72. The van der Waals surface area contributed by atoms with Crippen molar-refractivity contribution in [3.8, 4) is 90.6 Å². The van der Waals surface area contributed by atoms with Crippen molar-refractivity contribution in [2.45, 2.75) is 5.41 Å². The lowest BCUT2D eigenvalue weighted by molar-refractivity contribution is 0.669. The van der Waals surface area contributed by atoms with E-state index in [-0.39, 0.29) is 0 Å². The Morgan fingerprint density at radius 3 is 1.18 bits per heavy atom. The SMILES string of the molecule is c1ccc(-c2nc(-c3ccccc3)nc(-c3ccc4oc5cccc(-c6nc(-c7ccccc7)nc(-c7ccc8c(c7)C7(c9ccccc9-c9ccccc97)c7ccccc7-8)n6)c5c4c3)n2)cc1. The quantitative estimate of drug-likeness (QED) is 0.164. The van der Waals surface area contributed by atoms with Gasteiger partial charge in [-0.25, -0.2) is 29.9 Å². The molecule has 0 N–H and O–H groups in total. The Hall–Kier alpha value is -9.20. The van der Waals surface area contributed by atoms with Crippen molar-refractivity contribution in [1.29, 1.82) is 0 Å². The van der Waals surface area contributed by atoms with Crippen LogP contribution in [0.3, 0.4) is 0 Å². The molecule has 0 aliphatic heterocycles. The molecule has 0 saturated heterocycles. The zero-order valence-electron chi connectivity index (χ0n) is 36.4. The highest BCUT2D eigenvalue weighted by molar-refractivity contribution is 6.12. The van der Waals surface area contributed by atoms with Gasteiger partial charge in [0.2, 0.25) is 0 Å². The summed E-state index contributed by atoms with van der Waals surface area (Å²) in [6.45, 7) is 0. The molecule has 1 spiro atoms. The first-order chi connectivity index (χ1) is 33.7. The molecule has 9 aromatic carbocycles. The van der Waals surface area contributed by atoms with E-state index >= 15 is 0 Å². The van der Waals surface area contributed by atoms with Gasteiger partial charge in [0.15, 0.2) is 34.9 Å². The van der Waals surface area contributed by atoms with E-state index in [0.717, 1.165) is 55.3 Å². The number of hydrogen-bond acceptors (Lipinski definition) is 7. The second kappa shape index (κ2) is 14.9. The number of benzene rings is 9. The summed E-state index contributed by atoms with van der Waals surface area (Å²) >= 11 is 0. The van der Waals surface area contributed by atoms with E-state index in [9.17, 15) is 0 Å². The van der Waals surface area contributed by atoms with E-state index in [0.29, 0.717) is 34.9 Å². The van der Waals surface area contributed by atoms with Crippen LogP contribution in [0.25, 0.3) is 113 Å². The van der Waals surface area contributed by atoms with E-state index in [4.69, 9.17) is 34.3 Å². The third-order valence-electron chi connectivity index (χ3n) is 13.6. The minimum atomic E-state index is -0.505. The van der Waals surface area contributed by atoms with Crippen LogP contribution in [0, 0.1) is 0 Å². The molecule has 7 nitrogen and oxygen atoms in total. The lowest BCUT2D eigenvalue weighted by Crippen LogP contribution is -2.25. The molecule has 0 radical (unpaired) electrons. The average Bonchev–Trinajstić information content (AvgIpc) is 4.05. The minimum Gasteiger partial charge on any atom is -0.456 e. The molecule has 3 aromatic heterocycles. The second-order valence-corrected chi connectivity index (χ2v) is 17.3. The van der Waals surface area contributed by atoms with Gasteiger partial charge in [-0.1, -0.05) is 188 Å². The number of rotatable bonds is 6. The molecule has 0 saturated carbocycles. The van der Waals surface area contributed by atoms with Crippen molar-refractivity contribution in [2.24, 2.45) is 0 Å². The molecule has 3 heterocycles. The predicted molar refractivity (Wildman–Crippen MR) is 269 cm³/mol. The summed E-state index contributed by atoms with van der Waals surface area (Å²) in [6.07, 6.45) is 0. The van der Waals surface area contributed by atoms with Crippen LogP contribution in [0.15, 0.2) is 223 Å². The number of nitrogens with zero attached hydrogens (tertiary/aromatic N) is 6. The summed E-state index contributed by atoms with van der Waals surface area (Å²) in [4.78, 5) is 30.9. The highest BCUT2D eigenvalue weighted by atomic mass is 16.3. The molecule has 0 amide bonds. The normalized spacial score (nSPS) is 12.8. The lowest BCUT2D eigenvalue weighted by Gasteiger charge is -2.30. The molecule has 14 rings (SSSR count). The molecule has 12 aromatic rings. The van der Waals surface area contributed by atoms with Crippen LogP contribution in [-0.2, 0) is 5.41 Å². The standard InChI is InChI=1S/C61H36N6O/c1-4-17-37(18-5-1)55-62-56(38-19-6-2-7-20-38)64-58(63-55)40-32-34-52-47(35-40)54-46(26-16-30-53(54)68-52)60-66-57(39-21-8-3-9-22-39)65-59(67-60)41-31-33-45-44-25-12-15-29-50(44)61(51(45)36-41)48-27-13-10-23-42(48)43-24-11-14-28-49(43)61/h1-36H. The van der Waals surface area contributed by atoms with Crippen LogP contribution < -0.4 is 0 Å². The van der Waals surface area contributed by atoms with Gasteiger partial charge in [0.1, 0.15) is 11.2 Å². The average molecular weight is 869 g/mol. The zero-order valence-corrected chi connectivity index (χ0v) is 36.4. The maximum atomic E-state index is 6.59. The molecular formula is C61H36N6O. The van der Waals surface area contributed by atoms with Gasteiger partial charge in [-0.15, -0.1) is 0 Å². The molecule has 68 heavy (non-hydrogen) atoms. The topological polar surface area (TPSA) is 90.5 Å². The molecule has 0 bridgehead atoms. The van der Waals surface area contributed by atoms with Gasteiger partial charge in [-0.05, 0) is 74.8 Å². The molecule has 0 fully saturated rings. The summed E-state index contributed by atoms with van der Waals surface area (Å²) in [6, 6.07) is 75.7. The van der Waals surface area contributed by atoms with Crippen LogP contribution in [-0.4, -0.2) is 29.9 Å². The van der Waals surface area contributed by atoms with Gasteiger partial charge < -0.3 is 4.42 Å². The Kier molecular flexibility index (Phi) is 8.36. The first-order valence-electron chi connectivity index (χ1n) is 22.8. The third-order valence-corrected chi connectivity index (χ3v) is 13.6. The Morgan fingerprint density at radius 2 is 0.662 bits per heavy atom. The van der Waals surface area contributed by atoms with E-state index < -0.39 is 5.41 Å². The van der Waals surface area contributed by atoms with Crippen LogP contribution in [0.4, 0.5) is 0 Å². The number of hydrogen-bond donors (Lipinski definition) is 0. The molecule has 316 valence electrons. The fourth-order valence-corrected chi connectivity index (χ4v) is 10.7. The van der Waals surface area contributed by atoms with Gasteiger partial charge in [-0.2, -0.15) is 0 Å². The highest BCUT2D eigenvalue weighted by Crippen LogP contribution is 2.63. The van der Waals surface area contributed by atoms with Gasteiger partial charge >= 0.3 is 0 Å². The fourth-order valence-electron chi connectivity index (χ4n) is 10.7. The molecular weight excluding hydrogens is 833 g/mol. The van der Waals surface area contributed by atoms with Gasteiger partial charge in [0, 0.05) is 44.2 Å². The largest absolute Gasteiger partial charge is 0.456 e. The molecule has 2 aliphatic carbocycles. The van der Waals surface area contributed by atoms with Crippen LogP contribution >= 0.6 is 0 Å². The predicted octanol–water partition coefficient (Wildman–Crippen LogP) is 14.3. The highest BCUT2D eigenvalue weighted by Gasteiger charge is 2.51. The summed E-state index contributed by atoms with van der Waals surface area (Å²) in [5, 5.41) is 1.79. The summed E-state index contributed by atoms with van der Waals surface area (Å²) in [7, 11) is 0. The van der Waals surface area contributed by atoms with E-state index in [1.165, 1.54) is 44.5 Å². The van der Waals surface area contributed by atoms with Crippen molar-refractivity contribution in [2.75, 3.05) is 0 Å². The zero-order chi connectivity index (χ0) is 44.8. The van der Waals surface area contributed by atoms with Crippen LogP contribution in [0.5, 0.6) is 0 Å². The smallest absolute Gasteiger partial charge is 0.164 e. The Morgan fingerprint density at radius 1 is 0.265 bits per heavy atom. The number of aromatic nitrogens is 6. The molecule has 0 atom stereocenters. The van der Waals surface area contributed by atoms with Crippen molar-refractivity contribution in [3.63, 3.8) is 0 Å². The van der Waals surface area contributed by atoms with Crippen molar-refractivity contribution in [3.05, 3.63) is 241 Å². The van der Waals surface area contributed by atoms with E-state index in [2.05, 4.69) is 103 Å². The molecule has 7 heteroatoms. The monoisotopic (exact) mass is 868 g/mol. The summed E-state index contributed by atoms with van der Waals surface area (Å²) < 4.78 is 6.59. The molecule has 0 unspecified atom stereocenters. The van der Waals surface area contributed by atoms with Crippen LogP contribution in [0.1, 0.15) is 22.3 Å². The first kappa shape index (κ1) is 38.1. The lowest BCUT2D eigenvalue weighted by atomic mass is 9.70. The van der Waals surface area contributed by atoms with E-state index in [1.807, 2.05) is 115 Å². The fraction of sp³-hybridized carbons (Fsp3) is 0.0164. The van der Waals surface area contributed by atoms with Crippen LogP contribution in [0.2, 0.25) is 0 Å². The summed E-state index contributed by atoms with van der Waals surface area (Å²) in [5.74, 6) is 3.46. The maximum Gasteiger partial charge on any atom is 0.164 e. The molecule has 2 aliphatic rings. The Bertz CT molecular complexity index is 3860. The number of fused-ring (bicyclic) bond motifs is 13.